The van der Waals surface area contributed by atoms with Crippen LogP contribution in [0.4, 0.5) is 11.5 Å². The topological polar surface area (TPSA) is 82.6 Å². The Labute approximate surface area is 188 Å². The number of halogens is 1. The number of rotatable bonds is 5. The number of aromatic nitrogens is 1. The van der Waals surface area contributed by atoms with Crippen molar-refractivity contribution in [2.45, 2.75) is 43.4 Å². The lowest BCUT2D eigenvalue weighted by Gasteiger charge is -2.21. The van der Waals surface area contributed by atoms with Crippen LogP contribution in [0, 0.1) is 0 Å². The largest absolute Gasteiger partial charge is 0.357 e. The first-order valence-corrected chi connectivity index (χ1v) is 12.6. The smallest absolute Gasteiger partial charge is 0.255 e. The van der Waals surface area contributed by atoms with Gasteiger partial charge >= 0.3 is 0 Å². The molecule has 1 aromatic heterocycles. The molecule has 0 atom stereocenters. The van der Waals surface area contributed by atoms with Crippen molar-refractivity contribution in [2.75, 3.05) is 36.4 Å². The Hall–Kier alpha value is -2.16. The van der Waals surface area contributed by atoms with Crippen molar-refractivity contribution in [1.29, 1.82) is 0 Å². The summed E-state index contributed by atoms with van der Waals surface area (Å²) in [5, 5.41) is 2.91. The second-order valence-corrected chi connectivity index (χ2v) is 10.3. The predicted molar refractivity (Wildman–Crippen MR) is 122 cm³/mol. The van der Waals surface area contributed by atoms with Gasteiger partial charge in [0.25, 0.3) is 5.91 Å². The molecule has 1 amide bonds. The van der Waals surface area contributed by atoms with Crippen LogP contribution in [-0.2, 0) is 10.0 Å². The molecule has 2 saturated heterocycles. The van der Waals surface area contributed by atoms with E-state index in [-0.39, 0.29) is 15.5 Å². The molecule has 7 nitrogen and oxygen atoms in total. The minimum Gasteiger partial charge on any atom is -0.357 e. The molecule has 9 heteroatoms. The van der Waals surface area contributed by atoms with Gasteiger partial charge in [0.1, 0.15) is 10.7 Å². The molecule has 1 aromatic carbocycles. The summed E-state index contributed by atoms with van der Waals surface area (Å²) in [6.07, 6.45) is 7.66. The highest BCUT2D eigenvalue weighted by atomic mass is 35.5. The molecule has 2 aliphatic heterocycles. The summed E-state index contributed by atoms with van der Waals surface area (Å²) in [6.45, 7) is 2.95. The molecule has 0 aliphatic carbocycles. The molecular formula is C22H27ClN4O3S. The number of hydrogen-bond donors (Lipinski definition) is 1. The van der Waals surface area contributed by atoms with Gasteiger partial charge in [0.15, 0.2) is 0 Å². The minimum absolute atomic E-state index is 0.0220. The summed E-state index contributed by atoms with van der Waals surface area (Å²) >= 11 is 6.23. The molecule has 4 rings (SSSR count). The van der Waals surface area contributed by atoms with Gasteiger partial charge in [0.05, 0.1) is 16.9 Å². The number of nitrogens with one attached hydrogen (secondary N) is 1. The lowest BCUT2D eigenvalue weighted by Crippen LogP contribution is -2.32. The number of benzene rings is 1. The second-order valence-electron chi connectivity index (χ2n) is 8.02. The maximum Gasteiger partial charge on any atom is 0.255 e. The third-order valence-electron chi connectivity index (χ3n) is 5.81. The van der Waals surface area contributed by atoms with Crippen LogP contribution in [0.15, 0.2) is 41.4 Å². The number of sulfonamides is 1. The number of amides is 1. The van der Waals surface area contributed by atoms with Crippen LogP contribution in [-0.4, -0.2) is 49.8 Å². The highest BCUT2D eigenvalue weighted by Crippen LogP contribution is 2.28. The fourth-order valence-corrected chi connectivity index (χ4v) is 6.08. The zero-order valence-corrected chi connectivity index (χ0v) is 19.0. The normalized spacial score (nSPS) is 18.0. The zero-order chi connectivity index (χ0) is 21.8. The summed E-state index contributed by atoms with van der Waals surface area (Å²) in [6, 6.07) is 8.06. The Kier molecular flexibility index (Phi) is 6.79. The molecule has 0 unspecified atom stereocenters. The van der Waals surface area contributed by atoms with Gasteiger partial charge in [-0.25, -0.2) is 13.4 Å². The Morgan fingerprint density at radius 2 is 1.61 bits per heavy atom. The van der Waals surface area contributed by atoms with Crippen molar-refractivity contribution in [3.8, 4) is 0 Å². The summed E-state index contributed by atoms with van der Waals surface area (Å²) in [4.78, 5) is 19.4. The molecule has 31 heavy (non-hydrogen) atoms. The molecule has 0 saturated carbocycles. The summed E-state index contributed by atoms with van der Waals surface area (Å²) in [5.74, 6) is 0.493. The van der Waals surface area contributed by atoms with Crippen LogP contribution >= 0.6 is 11.6 Å². The monoisotopic (exact) mass is 462 g/mol. The molecule has 166 valence electrons. The molecule has 2 aromatic rings. The van der Waals surface area contributed by atoms with Crippen LogP contribution in [0.3, 0.4) is 0 Å². The average Bonchev–Trinajstić information content (AvgIpc) is 3.16. The molecule has 0 spiro atoms. The van der Waals surface area contributed by atoms with E-state index in [1.807, 2.05) is 12.1 Å². The van der Waals surface area contributed by atoms with Crippen LogP contribution in [0.5, 0.6) is 0 Å². The van der Waals surface area contributed by atoms with Gasteiger partial charge in [-0.15, -0.1) is 0 Å². The Balaban J connectivity index is 1.51. The first-order valence-electron chi connectivity index (χ1n) is 10.8. The van der Waals surface area contributed by atoms with Crippen molar-refractivity contribution < 1.29 is 13.2 Å². The maximum atomic E-state index is 13.2. The quantitative estimate of drug-likeness (QED) is 0.721. The maximum absolute atomic E-state index is 13.2. The molecule has 0 radical (unpaired) electrons. The lowest BCUT2D eigenvalue weighted by molar-refractivity contribution is 0.102. The SMILES string of the molecule is O=C(Nc1ccc(N2CCCC2)nc1)c1ccc(Cl)c(S(=O)(=O)N2CCCCCC2)c1. The van der Waals surface area contributed by atoms with E-state index in [1.165, 1.54) is 35.3 Å². The van der Waals surface area contributed by atoms with Crippen LogP contribution in [0.2, 0.25) is 5.02 Å². The van der Waals surface area contributed by atoms with Crippen molar-refractivity contribution in [1.82, 2.24) is 9.29 Å². The number of hydrogen-bond acceptors (Lipinski definition) is 5. The van der Waals surface area contributed by atoms with E-state index in [2.05, 4.69) is 15.2 Å². The third kappa shape index (κ3) is 5.02. The Morgan fingerprint density at radius 3 is 2.26 bits per heavy atom. The zero-order valence-electron chi connectivity index (χ0n) is 17.4. The molecule has 2 aliphatic rings. The fourth-order valence-electron chi connectivity index (χ4n) is 4.06. The highest BCUT2D eigenvalue weighted by Gasteiger charge is 2.28. The number of carbonyl (C=O) groups is 1. The molecule has 1 N–H and O–H groups in total. The van der Waals surface area contributed by atoms with E-state index in [0.717, 1.165) is 44.6 Å². The van der Waals surface area contributed by atoms with Crippen molar-refractivity contribution in [3.05, 3.63) is 47.1 Å². The first-order chi connectivity index (χ1) is 14.9. The van der Waals surface area contributed by atoms with E-state index >= 15 is 0 Å². The second kappa shape index (κ2) is 9.54. The minimum atomic E-state index is -3.76. The van der Waals surface area contributed by atoms with Gasteiger partial charge in [-0.05, 0) is 56.0 Å². The summed E-state index contributed by atoms with van der Waals surface area (Å²) in [7, 11) is -3.76. The van der Waals surface area contributed by atoms with Crippen molar-refractivity contribution in [2.24, 2.45) is 0 Å². The predicted octanol–water partition coefficient (Wildman–Crippen LogP) is 4.15. The summed E-state index contributed by atoms with van der Waals surface area (Å²) < 4.78 is 27.8. The van der Waals surface area contributed by atoms with E-state index in [1.54, 1.807) is 6.20 Å². The van der Waals surface area contributed by atoms with Crippen LogP contribution in [0.25, 0.3) is 0 Å². The van der Waals surface area contributed by atoms with E-state index in [4.69, 9.17) is 11.6 Å². The van der Waals surface area contributed by atoms with Gasteiger partial charge in [-0.1, -0.05) is 24.4 Å². The van der Waals surface area contributed by atoms with Gasteiger partial charge in [-0.2, -0.15) is 4.31 Å². The number of pyridine rings is 1. The molecule has 0 bridgehead atoms. The van der Waals surface area contributed by atoms with Crippen LogP contribution in [0.1, 0.15) is 48.9 Å². The standard InChI is InChI=1S/C22H27ClN4O3S/c23-19-9-7-17(15-20(19)31(29,30)27-13-3-1-2-4-14-27)22(28)25-18-8-10-21(24-16-18)26-11-5-6-12-26/h7-10,15-16H,1-6,11-14H2,(H,25,28). The third-order valence-corrected chi connectivity index (χ3v) is 8.19. The van der Waals surface area contributed by atoms with E-state index in [0.29, 0.717) is 18.8 Å². The van der Waals surface area contributed by atoms with E-state index in [9.17, 15) is 13.2 Å². The molecule has 2 fully saturated rings. The Morgan fingerprint density at radius 1 is 0.935 bits per heavy atom. The highest BCUT2D eigenvalue weighted by molar-refractivity contribution is 7.89. The Bertz CT molecular complexity index is 1030. The lowest BCUT2D eigenvalue weighted by atomic mass is 10.2. The number of carbonyl (C=O) groups excluding carboxylic acids is 1. The van der Waals surface area contributed by atoms with Gasteiger partial charge < -0.3 is 10.2 Å². The molecule has 3 heterocycles. The van der Waals surface area contributed by atoms with E-state index < -0.39 is 15.9 Å². The van der Waals surface area contributed by atoms with Crippen molar-refractivity contribution >= 4 is 39.0 Å². The first kappa shape index (κ1) is 22.0. The van der Waals surface area contributed by atoms with Crippen LogP contribution < -0.4 is 10.2 Å². The fraction of sp³-hybridized carbons (Fsp3) is 0.455. The van der Waals surface area contributed by atoms with Gasteiger partial charge in [0.2, 0.25) is 10.0 Å². The number of anilines is 2. The number of nitrogens with zero attached hydrogens (tertiary/aromatic N) is 3. The van der Waals surface area contributed by atoms with Gasteiger partial charge in [-0.3, -0.25) is 4.79 Å². The van der Waals surface area contributed by atoms with Gasteiger partial charge in [0, 0.05) is 31.7 Å². The summed E-state index contributed by atoms with van der Waals surface area (Å²) in [5.41, 5.74) is 0.793. The van der Waals surface area contributed by atoms with Crippen molar-refractivity contribution in [3.63, 3.8) is 0 Å². The average molecular weight is 463 g/mol. The molecular weight excluding hydrogens is 436 g/mol.